The van der Waals surface area contributed by atoms with Gasteiger partial charge in [-0.25, -0.2) is 4.98 Å². The average Bonchev–Trinajstić information content (AvgIpc) is 3.08. The minimum Gasteiger partial charge on any atom is -0.413 e. The van der Waals surface area contributed by atoms with Crippen molar-refractivity contribution in [2.75, 3.05) is 6.54 Å². The average molecular weight is 361 g/mol. The van der Waals surface area contributed by atoms with Gasteiger partial charge in [0.25, 0.3) is 0 Å². The largest absolute Gasteiger partial charge is 0.413 e. The fourth-order valence-electron chi connectivity index (χ4n) is 2.94. The molecule has 1 saturated heterocycles. The smallest absolute Gasteiger partial charge is 0.192 e. The van der Waals surface area contributed by atoms with Crippen LogP contribution in [0.5, 0.6) is 0 Å². The predicted molar refractivity (Wildman–Crippen MR) is 106 cm³/mol. The number of rotatable bonds is 6. The summed E-state index contributed by atoms with van der Waals surface area (Å²) in [5.74, 6) is 1.31. The summed E-state index contributed by atoms with van der Waals surface area (Å²) in [4.78, 5) is 7.82. The maximum absolute atomic E-state index is 7.94. The number of aromatic amines is 1. The molecule has 1 unspecified atom stereocenters. The Morgan fingerprint density at radius 1 is 1.36 bits per heavy atom. The molecule has 5 nitrogen and oxygen atoms in total. The van der Waals surface area contributed by atoms with E-state index in [9.17, 15) is 0 Å². The quantitative estimate of drug-likeness (QED) is 0.524. The highest BCUT2D eigenvalue weighted by atomic mass is 28.4. The van der Waals surface area contributed by atoms with Crippen LogP contribution in [0.25, 0.3) is 6.08 Å². The molecule has 138 valence electrons. The van der Waals surface area contributed by atoms with Gasteiger partial charge in [0.15, 0.2) is 8.32 Å². The van der Waals surface area contributed by atoms with Crippen molar-refractivity contribution in [3.8, 4) is 0 Å². The number of imidazole rings is 1. The van der Waals surface area contributed by atoms with Crippen molar-refractivity contribution in [3.05, 3.63) is 23.8 Å². The Kier molecular flexibility index (Phi) is 5.06. The van der Waals surface area contributed by atoms with E-state index in [0.717, 1.165) is 43.0 Å². The molecule has 2 atom stereocenters. The maximum atomic E-state index is 7.94. The number of hydrogen-bond acceptors (Lipinski definition) is 4. The van der Waals surface area contributed by atoms with Crippen LogP contribution in [0, 0.1) is 11.3 Å². The first-order chi connectivity index (χ1) is 11.7. The molecular formula is C19H32N4OSi. The Hall–Kier alpha value is -1.24. The van der Waals surface area contributed by atoms with Crippen LogP contribution in [0.1, 0.15) is 57.6 Å². The molecule has 2 aliphatic rings. The molecule has 6 heteroatoms. The lowest BCUT2D eigenvalue weighted by Crippen LogP contribution is -2.44. The lowest BCUT2D eigenvalue weighted by molar-refractivity contribution is 0.197. The molecule has 1 saturated carbocycles. The van der Waals surface area contributed by atoms with E-state index in [-0.39, 0.29) is 17.2 Å². The van der Waals surface area contributed by atoms with Gasteiger partial charge < -0.3 is 20.1 Å². The van der Waals surface area contributed by atoms with E-state index in [1.54, 1.807) is 0 Å². The Balaban J connectivity index is 1.56. The summed E-state index contributed by atoms with van der Waals surface area (Å²) in [6.07, 6.45) is 9.29. The molecule has 25 heavy (non-hydrogen) atoms. The molecule has 2 heterocycles. The Morgan fingerprint density at radius 3 is 2.72 bits per heavy atom. The molecule has 0 spiro atoms. The van der Waals surface area contributed by atoms with Gasteiger partial charge in [-0.05, 0) is 49.5 Å². The number of nitrogens with zero attached hydrogens (tertiary/aromatic N) is 1. The lowest BCUT2D eigenvalue weighted by Gasteiger charge is -2.38. The van der Waals surface area contributed by atoms with Gasteiger partial charge in [0.2, 0.25) is 0 Å². The number of H-pyrrole nitrogens is 1. The zero-order valence-corrected chi connectivity index (χ0v) is 17.1. The third-order valence-corrected chi connectivity index (χ3v) is 10.3. The summed E-state index contributed by atoms with van der Waals surface area (Å²) in [5, 5.41) is 11.7. The summed E-state index contributed by atoms with van der Waals surface area (Å²) in [5.41, 5.74) is 1.83. The lowest BCUT2D eigenvalue weighted by atomic mass is 10.1. The highest BCUT2D eigenvalue weighted by molar-refractivity contribution is 6.74. The van der Waals surface area contributed by atoms with Gasteiger partial charge in [0, 0.05) is 18.2 Å². The van der Waals surface area contributed by atoms with Crippen molar-refractivity contribution in [1.82, 2.24) is 15.3 Å². The minimum atomic E-state index is -1.73. The van der Waals surface area contributed by atoms with Crippen molar-refractivity contribution in [2.45, 2.75) is 70.3 Å². The summed E-state index contributed by atoms with van der Waals surface area (Å²) >= 11 is 0. The number of aromatic nitrogens is 2. The molecule has 1 aliphatic carbocycles. The van der Waals surface area contributed by atoms with Crippen LogP contribution in [-0.2, 0) is 4.43 Å². The van der Waals surface area contributed by atoms with Gasteiger partial charge in [-0.1, -0.05) is 20.8 Å². The Morgan fingerprint density at radius 2 is 2.08 bits per heavy atom. The van der Waals surface area contributed by atoms with E-state index in [1.807, 2.05) is 18.3 Å². The fraction of sp³-hybridized carbons (Fsp3) is 0.684. The fourth-order valence-corrected chi connectivity index (χ4v) is 4.30. The number of hydrogen-bond donors (Lipinski definition) is 3. The van der Waals surface area contributed by atoms with Crippen LogP contribution in [0.15, 0.2) is 12.3 Å². The summed E-state index contributed by atoms with van der Waals surface area (Å²) < 4.78 is 6.53. The van der Waals surface area contributed by atoms with Crippen molar-refractivity contribution in [3.63, 3.8) is 0 Å². The Bertz CT molecular complexity index is 655. The molecule has 0 aromatic carbocycles. The minimum absolute atomic E-state index is 0.239. The molecule has 1 aliphatic heterocycles. The van der Waals surface area contributed by atoms with E-state index < -0.39 is 8.32 Å². The van der Waals surface area contributed by atoms with E-state index >= 15 is 0 Å². The van der Waals surface area contributed by atoms with Gasteiger partial charge in [0.05, 0.1) is 24.0 Å². The molecule has 3 N–H and O–H groups in total. The molecule has 3 rings (SSSR count). The van der Waals surface area contributed by atoms with Crippen LogP contribution in [0.3, 0.4) is 0 Å². The number of nitrogens with one attached hydrogen (secondary N) is 3. The first kappa shape index (κ1) is 18.5. The highest BCUT2D eigenvalue weighted by Crippen LogP contribution is 2.39. The molecule has 1 aromatic rings. The van der Waals surface area contributed by atoms with E-state index in [4.69, 9.17) is 9.84 Å². The monoisotopic (exact) mass is 360 g/mol. The second-order valence-corrected chi connectivity index (χ2v) is 13.7. The molecule has 0 amide bonds. The zero-order valence-electron chi connectivity index (χ0n) is 16.1. The summed E-state index contributed by atoms with van der Waals surface area (Å²) in [7, 11) is -1.73. The van der Waals surface area contributed by atoms with Crippen molar-refractivity contribution in [1.29, 1.82) is 5.41 Å². The molecule has 0 bridgehead atoms. The summed E-state index contributed by atoms with van der Waals surface area (Å²) in [6.45, 7) is 12.4. The number of allylic oxidation sites excluding steroid dienone is 1. The first-order valence-electron chi connectivity index (χ1n) is 9.38. The van der Waals surface area contributed by atoms with Crippen LogP contribution < -0.4 is 5.32 Å². The third kappa shape index (κ3) is 4.48. The van der Waals surface area contributed by atoms with E-state index in [2.05, 4.69) is 49.1 Å². The highest BCUT2D eigenvalue weighted by Gasteiger charge is 2.41. The Labute approximate surface area is 152 Å². The normalized spacial score (nSPS) is 25.0. The van der Waals surface area contributed by atoms with Crippen molar-refractivity contribution in [2.24, 2.45) is 5.92 Å². The van der Waals surface area contributed by atoms with Crippen LogP contribution >= 0.6 is 0 Å². The van der Waals surface area contributed by atoms with Gasteiger partial charge in [-0.2, -0.15) is 0 Å². The van der Waals surface area contributed by atoms with Gasteiger partial charge >= 0.3 is 0 Å². The molecule has 0 radical (unpaired) electrons. The molecule has 1 aromatic heterocycles. The third-order valence-electron chi connectivity index (χ3n) is 5.79. The maximum Gasteiger partial charge on any atom is 0.192 e. The van der Waals surface area contributed by atoms with Crippen molar-refractivity contribution >= 4 is 20.1 Å². The zero-order chi connectivity index (χ0) is 18.2. The van der Waals surface area contributed by atoms with Gasteiger partial charge in [-0.3, -0.25) is 0 Å². The first-order valence-corrected chi connectivity index (χ1v) is 12.3. The second kappa shape index (κ2) is 6.82. The van der Waals surface area contributed by atoms with E-state index in [1.165, 1.54) is 0 Å². The van der Waals surface area contributed by atoms with Crippen LogP contribution in [0.4, 0.5) is 0 Å². The van der Waals surface area contributed by atoms with Gasteiger partial charge in [-0.15, -0.1) is 0 Å². The standard InChI is InChI=1S/C19H32N4OSi/c1-19(2,3)25(4,5)24-14-10-16(21-11-14)17-12-22-18(23-17)9-8-15(20)13-6-7-13/h8-9,12-14,16,20-21H,6-7,10-11H2,1-5H3,(H,22,23)/b9-8-,20-15?/t14?,16-/m1/s1. The molecular weight excluding hydrogens is 328 g/mol. The second-order valence-electron chi connectivity index (χ2n) is 8.98. The van der Waals surface area contributed by atoms with Gasteiger partial charge in [0.1, 0.15) is 5.82 Å². The van der Waals surface area contributed by atoms with E-state index in [0.29, 0.717) is 5.92 Å². The van der Waals surface area contributed by atoms with Crippen LogP contribution in [-0.4, -0.2) is 36.6 Å². The van der Waals surface area contributed by atoms with Crippen molar-refractivity contribution < 1.29 is 4.43 Å². The SMILES string of the molecule is CC(C)(C)[Si](C)(C)OC1CN[C@@H](c2cnc(/C=C\C(=N)C3CC3)[nH]2)C1. The molecule has 2 fully saturated rings. The topological polar surface area (TPSA) is 73.8 Å². The predicted octanol–water partition coefficient (Wildman–Crippen LogP) is 4.28. The summed E-state index contributed by atoms with van der Waals surface area (Å²) in [6, 6.07) is 0.271. The van der Waals surface area contributed by atoms with Crippen LogP contribution in [0.2, 0.25) is 18.1 Å².